The highest BCUT2D eigenvalue weighted by molar-refractivity contribution is 5.89. The lowest BCUT2D eigenvalue weighted by molar-refractivity contribution is -0.142. The number of carboxylic acid groups (broad SMARTS) is 1. The molecule has 0 radical (unpaired) electrons. The number of amides is 1. The van der Waals surface area contributed by atoms with Crippen LogP contribution in [0.25, 0.3) is 0 Å². The molecule has 5 nitrogen and oxygen atoms in total. The Morgan fingerprint density at radius 1 is 1.40 bits per heavy atom. The highest BCUT2D eigenvalue weighted by atomic mass is 16.5. The maximum absolute atomic E-state index is 12.2. The Hall–Kier alpha value is -2.04. The molecule has 0 spiro atoms. The van der Waals surface area contributed by atoms with Crippen molar-refractivity contribution in [1.29, 1.82) is 0 Å². The molecule has 1 heterocycles. The van der Waals surface area contributed by atoms with Gasteiger partial charge in [0, 0.05) is 5.56 Å². The number of fused-ring (bicyclic) bond motifs is 1. The first-order valence-electron chi connectivity index (χ1n) is 6.74. The predicted molar refractivity (Wildman–Crippen MR) is 73.7 cm³/mol. The number of rotatable bonds is 5. The lowest BCUT2D eigenvalue weighted by Gasteiger charge is -2.18. The second-order valence-corrected chi connectivity index (χ2v) is 5.43. The molecule has 1 amide bonds. The fourth-order valence-corrected chi connectivity index (χ4v) is 2.34. The largest absolute Gasteiger partial charge is 0.492 e. The number of para-hydroxylation sites is 1. The molecule has 1 aliphatic heterocycles. The number of hydrogen-bond acceptors (Lipinski definition) is 3. The van der Waals surface area contributed by atoms with E-state index >= 15 is 0 Å². The Labute approximate surface area is 117 Å². The monoisotopic (exact) mass is 277 g/mol. The summed E-state index contributed by atoms with van der Waals surface area (Å²) < 4.78 is 5.45. The molecule has 1 aliphatic rings. The minimum atomic E-state index is -1.00. The Morgan fingerprint density at radius 2 is 2.10 bits per heavy atom. The molecule has 2 N–H and O–H groups in total. The SMILES string of the molecule is CC(C)C[C@H](NC(=O)C1COc2ccccc21)C(=O)O. The number of nitrogens with one attached hydrogen (secondary N) is 1. The van der Waals surface area contributed by atoms with Gasteiger partial charge in [0.05, 0.1) is 0 Å². The van der Waals surface area contributed by atoms with Gasteiger partial charge in [-0.2, -0.15) is 0 Å². The molecule has 2 atom stereocenters. The third-order valence-electron chi connectivity index (χ3n) is 3.34. The summed E-state index contributed by atoms with van der Waals surface area (Å²) in [7, 11) is 0. The third kappa shape index (κ3) is 3.10. The van der Waals surface area contributed by atoms with Crippen LogP contribution in [-0.4, -0.2) is 29.6 Å². The molecule has 1 aromatic carbocycles. The molecule has 5 heteroatoms. The van der Waals surface area contributed by atoms with E-state index in [9.17, 15) is 9.59 Å². The van der Waals surface area contributed by atoms with Gasteiger partial charge in [-0.1, -0.05) is 32.0 Å². The van der Waals surface area contributed by atoms with E-state index in [2.05, 4.69) is 5.32 Å². The van der Waals surface area contributed by atoms with Crippen LogP contribution in [-0.2, 0) is 9.59 Å². The summed E-state index contributed by atoms with van der Waals surface area (Å²) in [5.74, 6) is -0.825. The van der Waals surface area contributed by atoms with Crippen LogP contribution in [0.1, 0.15) is 31.7 Å². The zero-order chi connectivity index (χ0) is 14.7. The van der Waals surface area contributed by atoms with Crippen molar-refractivity contribution in [3.05, 3.63) is 29.8 Å². The van der Waals surface area contributed by atoms with Crippen molar-refractivity contribution in [3.63, 3.8) is 0 Å². The van der Waals surface area contributed by atoms with Gasteiger partial charge in [-0.3, -0.25) is 4.79 Å². The quantitative estimate of drug-likeness (QED) is 0.860. The van der Waals surface area contributed by atoms with Crippen molar-refractivity contribution in [1.82, 2.24) is 5.32 Å². The second kappa shape index (κ2) is 5.94. The van der Waals surface area contributed by atoms with Crippen LogP contribution < -0.4 is 10.1 Å². The van der Waals surface area contributed by atoms with Gasteiger partial charge in [-0.15, -0.1) is 0 Å². The lowest BCUT2D eigenvalue weighted by Crippen LogP contribution is -2.44. The number of benzene rings is 1. The average Bonchev–Trinajstić information content (AvgIpc) is 2.81. The molecule has 1 unspecified atom stereocenters. The van der Waals surface area contributed by atoms with Crippen LogP contribution >= 0.6 is 0 Å². The Morgan fingerprint density at radius 3 is 2.75 bits per heavy atom. The third-order valence-corrected chi connectivity index (χ3v) is 3.34. The number of ether oxygens (including phenoxy) is 1. The highest BCUT2D eigenvalue weighted by Gasteiger charge is 2.32. The molecule has 0 aromatic heterocycles. The minimum Gasteiger partial charge on any atom is -0.492 e. The summed E-state index contributed by atoms with van der Waals surface area (Å²) in [6, 6.07) is 6.49. The van der Waals surface area contributed by atoms with Crippen molar-refractivity contribution in [2.75, 3.05) is 6.61 Å². The topological polar surface area (TPSA) is 75.6 Å². The molecule has 0 aliphatic carbocycles. The van der Waals surface area contributed by atoms with E-state index in [-0.39, 0.29) is 18.4 Å². The fraction of sp³-hybridized carbons (Fsp3) is 0.467. The average molecular weight is 277 g/mol. The van der Waals surface area contributed by atoms with E-state index in [1.54, 1.807) is 0 Å². The minimum absolute atomic E-state index is 0.198. The first-order chi connectivity index (χ1) is 9.49. The Balaban J connectivity index is 2.07. The van der Waals surface area contributed by atoms with Gasteiger partial charge >= 0.3 is 5.97 Å². The molecular weight excluding hydrogens is 258 g/mol. The zero-order valence-corrected chi connectivity index (χ0v) is 11.6. The maximum atomic E-state index is 12.2. The molecule has 0 saturated heterocycles. The molecule has 0 fully saturated rings. The lowest BCUT2D eigenvalue weighted by atomic mass is 9.98. The normalized spacial score (nSPS) is 18.2. The number of carboxylic acids is 1. The van der Waals surface area contributed by atoms with E-state index in [1.165, 1.54) is 0 Å². The summed E-state index contributed by atoms with van der Waals surface area (Å²) in [6.07, 6.45) is 0.413. The first-order valence-corrected chi connectivity index (χ1v) is 6.74. The van der Waals surface area contributed by atoms with Crippen molar-refractivity contribution in [3.8, 4) is 5.75 Å². The highest BCUT2D eigenvalue weighted by Crippen LogP contribution is 2.33. The standard InChI is InChI=1S/C15H19NO4/c1-9(2)7-12(15(18)19)16-14(17)11-8-20-13-6-4-3-5-10(11)13/h3-6,9,11-12H,7-8H2,1-2H3,(H,16,17)(H,18,19)/t11?,12-/m0/s1. The fourth-order valence-electron chi connectivity index (χ4n) is 2.34. The van der Waals surface area contributed by atoms with Crippen LogP contribution in [0.4, 0.5) is 0 Å². The van der Waals surface area contributed by atoms with E-state index in [4.69, 9.17) is 9.84 Å². The smallest absolute Gasteiger partial charge is 0.326 e. The van der Waals surface area contributed by atoms with Crippen molar-refractivity contribution in [2.24, 2.45) is 5.92 Å². The van der Waals surface area contributed by atoms with Crippen molar-refractivity contribution >= 4 is 11.9 Å². The first kappa shape index (κ1) is 14.4. The van der Waals surface area contributed by atoms with Crippen LogP contribution in [0, 0.1) is 5.92 Å². The molecule has 1 aromatic rings. The Kier molecular flexibility index (Phi) is 4.27. The summed E-state index contributed by atoms with van der Waals surface area (Å²) in [5, 5.41) is 11.8. The van der Waals surface area contributed by atoms with E-state index in [0.717, 1.165) is 5.56 Å². The summed E-state index contributed by atoms with van der Waals surface area (Å²) in [6.45, 7) is 4.12. The van der Waals surface area contributed by atoms with E-state index in [0.29, 0.717) is 12.2 Å². The summed E-state index contributed by atoms with van der Waals surface area (Å²) in [5.41, 5.74) is 0.818. The zero-order valence-electron chi connectivity index (χ0n) is 11.6. The number of carbonyl (C=O) groups excluding carboxylic acids is 1. The summed E-state index contributed by atoms with van der Waals surface area (Å²) >= 11 is 0. The van der Waals surface area contributed by atoms with E-state index < -0.39 is 17.9 Å². The molecule has 108 valence electrons. The van der Waals surface area contributed by atoms with Crippen LogP contribution in [0.3, 0.4) is 0 Å². The predicted octanol–water partition coefficient (Wildman–Crippen LogP) is 1.78. The number of carbonyl (C=O) groups is 2. The molecule has 20 heavy (non-hydrogen) atoms. The van der Waals surface area contributed by atoms with Gasteiger partial charge in [0.15, 0.2) is 0 Å². The van der Waals surface area contributed by atoms with Gasteiger partial charge in [0.1, 0.15) is 24.3 Å². The van der Waals surface area contributed by atoms with Crippen molar-refractivity contribution in [2.45, 2.75) is 32.2 Å². The number of aliphatic carboxylic acids is 1. The van der Waals surface area contributed by atoms with Gasteiger partial charge in [0.25, 0.3) is 0 Å². The molecular formula is C15H19NO4. The Bertz CT molecular complexity index is 512. The van der Waals surface area contributed by atoms with E-state index in [1.807, 2.05) is 38.1 Å². The van der Waals surface area contributed by atoms with Crippen molar-refractivity contribution < 1.29 is 19.4 Å². The van der Waals surface area contributed by atoms with Crippen LogP contribution in [0.2, 0.25) is 0 Å². The van der Waals surface area contributed by atoms with Gasteiger partial charge in [-0.05, 0) is 18.4 Å². The molecule has 0 saturated carbocycles. The van der Waals surface area contributed by atoms with Crippen LogP contribution in [0.5, 0.6) is 5.75 Å². The maximum Gasteiger partial charge on any atom is 0.326 e. The van der Waals surface area contributed by atoms with Gasteiger partial charge in [0.2, 0.25) is 5.91 Å². The number of hydrogen-bond donors (Lipinski definition) is 2. The van der Waals surface area contributed by atoms with Crippen LogP contribution in [0.15, 0.2) is 24.3 Å². The van der Waals surface area contributed by atoms with Gasteiger partial charge < -0.3 is 15.2 Å². The molecule has 0 bridgehead atoms. The summed E-state index contributed by atoms with van der Waals surface area (Å²) in [4.78, 5) is 23.4. The molecule has 2 rings (SSSR count). The van der Waals surface area contributed by atoms with Gasteiger partial charge in [-0.25, -0.2) is 4.79 Å². The second-order valence-electron chi connectivity index (χ2n) is 5.43.